The Labute approximate surface area is 127 Å². The summed E-state index contributed by atoms with van der Waals surface area (Å²) in [6, 6.07) is 5.92. The topological polar surface area (TPSA) is 63.6 Å². The summed E-state index contributed by atoms with van der Waals surface area (Å²) >= 11 is 0. The monoisotopic (exact) mass is 296 g/mol. The standard InChI is InChI=1S/C16H28N2O3/c1-3-4-9-20-10-11-21-13-15(19)12-18-14(2)16-7-5-6-8-17-16/h5-8,14-15,18-19H,3-4,9-13H2,1-2H3. The zero-order valence-electron chi connectivity index (χ0n) is 13.1. The first kappa shape index (κ1) is 18.0. The molecular formula is C16H28N2O3. The number of ether oxygens (including phenoxy) is 2. The van der Waals surface area contributed by atoms with Crippen molar-refractivity contribution in [2.24, 2.45) is 0 Å². The maximum atomic E-state index is 9.84. The van der Waals surface area contributed by atoms with Gasteiger partial charge in [0.05, 0.1) is 31.6 Å². The Balaban J connectivity index is 2.02. The second kappa shape index (κ2) is 11.6. The van der Waals surface area contributed by atoms with Crippen molar-refractivity contribution in [2.45, 2.75) is 38.8 Å². The highest BCUT2D eigenvalue weighted by molar-refractivity contribution is 5.07. The maximum Gasteiger partial charge on any atom is 0.0897 e. The van der Waals surface area contributed by atoms with E-state index in [1.807, 2.05) is 25.1 Å². The minimum absolute atomic E-state index is 0.109. The first-order valence-electron chi connectivity index (χ1n) is 7.72. The molecule has 2 N–H and O–H groups in total. The predicted molar refractivity (Wildman–Crippen MR) is 83.2 cm³/mol. The zero-order chi connectivity index (χ0) is 15.3. The molecule has 0 aromatic carbocycles. The van der Waals surface area contributed by atoms with E-state index in [4.69, 9.17) is 9.47 Å². The Morgan fingerprint density at radius 1 is 1.24 bits per heavy atom. The van der Waals surface area contributed by atoms with Gasteiger partial charge in [-0.1, -0.05) is 19.4 Å². The first-order chi connectivity index (χ1) is 10.2. The van der Waals surface area contributed by atoms with Gasteiger partial charge < -0.3 is 19.9 Å². The molecular weight excluding hydrogens is 268 g/mol. The molecule has 1 rings (SSSR count). The highest BCUT2D eigenvalue weighted by atomic mass is 16.5. The Hall–Kier alpha value is -1.01. The molecule has 0 saturated heterocycles. The minimum Gasteiger partial charge on any atom is -0.389 e. The number of aliphatic hydroxyl groups is 1. The number of hydrogen-bond acceptors (Lipinski definition) is 5. The average molecular weight is 296 g/mol. The SMILES string of the molecule is CCCCOCCOCC(O)CNC(C)c1ccccn1. The zero-order valence-corrected chi connectivity index (χ0v) is 13.1. The van der Waals surface area contributed by atoms with Crippen LogP contribution in [0.2, 0.25) is 0 Å². The average Bonchev–Trinajstić information content (AvgIpc) is 2.52. The number of nitrogens with zero attached hydrogens (tertiary/aromatic N) is 1. The molecule has 1 heterocycles. The molecule has 0 bridgehead atoms. The second-order valence-corrected chi connectivity index (χ2v) is 5.08. The summed E-state index contributed by atoms with van der Waals surface area (Å²) in [4.78, 5) is 4.28. The quantitative estimate of drug-likeness (QED) is 0.577. The maximum absolute atomic E-state index is 9.84. The van der Waals surface area contributed by atoms with E-state index >= 15 is 0 Å². The van der Waals surface area contributed by atoms with Crippen LogP contribution in [-0.2, 0) is 9.47 Å². The number of aliphatic hydroxyl groups excluding tert-OH is 1. The molecule has 1 aromatic rings. The lowest BCUT2D eigenvalue weighted by Crippen LogP contribution is -2.32. The van der Waals surface area contributed by atoms with Crippen molar-refractivity contribution in [3.63, 3.8) is 0 Å². The van der Waals surface area contributed by atoms with Gasteiger partial charge in [0.15, 0.2) is 0 Å². The summed E-state index contributed by atoms with van der Waals surface area (Å²) in [5.41, 5.74) is 0.968. The fourth-order valence-electron chi connectivity index (χ4n) is 1.79. The van der Waals surface area contributed by atoms with E-state index in [1.165, 1.54) is 0 Å². The van der Waals surface area contributed by atoms with Crippen LogP contribution in [-0.4, -0.2) is 49.2 Å². The van der Waals surface area contributed by atoms with E-state index < -0.39 is 6.10 Å². The van der Waals surface area contributed by atoms with Crippen LogP contribution in [0.3, 0.4) is 0 Å². The van der Waals surface area contributed by atoms with Gasteiger partial charge in [0, 0.05) is 25.4 Å². The Kier molecular flexibility index (Phi) is 9.99. The van der Waals surface area contributed by atoms with E-state index in [2.05, 4.69) is 17.2 Å². The van der Waals surface area contributed by atoms with Gasteiger partial charge in [-0.2, -0.15) is 0 Å². The third kappa shape index (κ3) is 8.78. The summed E-state index contributed by atoms with van der Waals surface area (Å²) < 4.78 is 10.8. The number of hydrogen-bond donors (Lipinski definition) is 2. The van der Waals surface area contributed by atoms with Gasteiger partial charge in [-0.25, -0.2) is 0 Å². The molecule has 0 amide bonds. The molecule has 1 aromatic heterocycles. The van der Waals surface area contributed by atoms with Crippen molar-refractivity contribution < 1.29 is 14.6 Å². The summed E-state index contributed by atoms with van der Waals surface area (Å²) in [6.07, 6.45) is 3.47. The normalized spacial score (nSPS) is 14.0. The number of rotatable bonds is 12. The number of pyridine rings is 1. The molecule has 2 atom stereocenters. The van der Waals surface area contributed by atoms with Crippen LogP contribution in [0, 0.1) is 0 Å². The van der Waals surface area contributed by atoms with Crippen LogP contribution in [0.1, 0.15) is 38.4 Å². The molecule has 120 valence electrons. The van der Waals surface area contributed by atoms with E-state index in [9.17, 15) is 5.11 Å². The van der Waals surface area contributed by atoms with Crippen LogP contribution in [0.25, 0.3) is 0 Å². The van der Waals surface area contributed by atoms with Crippen LogP contribution >= 0.6 is 0 Å². The minimum atomic E-state index is -0.521. The highest BCUT2D eigenvalue weighted by Gasteiger charge is 2.09. The summed E-state index contributed by atoms with van der Waals surface area (Å²) in [5, 5.41) is 13.1. The third-order valence-electron chi connectivity index (χ3n) is 3.12. The lowest BCUT2D eigenvalue weighted by atomic mass is 10.2. The van der Waals surface area contributed by atoms with Crippen molar-refractivity contribution in [2.75, 3.05) is 33.0 Å². The summed E-state index contributed by atoms with van der Waals surface area (Å²) in [5.74, 6) is 0. The van der Waals surface area contributed by atoms with Crippen molar-refractivity contribution in [1.29, 1.82) is 0 Å². The van der Waals surface area contributed by atoms with E-state index in [0.29, 0.717) is 26.4 Å². The van der Waals surface area contributed by atoms with Gasteiger partial charge in [-0.3, -0.25) is 4.98 Å². The molecule has 5 nitrogen and oxygen atoms in total. The largest absolute Gasteiger partial charge is 0.389 e. The molecule has 0 aliphatic rings. The Bertz CT molecular complexity index is 349. The fraction of sp³-hybridized carbons (Fsp3) is 0.688. The predicted octanol–water partition coefficient (Wildman–Crippen LogP) is 1.93. The lowest BCUT2D eigenvalue weighted by Gasteiger charge is -2.17. The molecule has 0 aliphatic carbocycles. The lowest BCUT2D eigenvalue weighted by molar-refractivity contribution is 0.00329. The van der Waals surface area contributed by atoms with Crippen LogP contribution < -0.4 is 5.32 Å². The molecule has 2 unspecified atom stereocenters. The number of aromatic nitrogens is 1. The Morgan fingerprint density at radius 2 is 2.05 bits per heavy atom. The highest BCUT2D eigenvalue weighted by Crippen LogP contribution is 2.07. The Morgan fingerprint density at radius 3 is 2.76 bits per heavy atom. The molecule has 0 fully saturated rings. The molecule has 0 saturated carbocycles. The second-order valence-electron chi connectivity index (χ2n) is 5.08. The van der Waals surface area contributed by atoms with E-state index in [1.54, 1.807) is 6.20 Å². The van der Waals surface area contributed by atoms with Gasteiger partial charge in [0.2, 0.25) is 0 Å². The van der Waals surface area contributed by atoms with Crippen molar-refractivity contribution >= 4 is 0 Å². The molecule has 0 aliphatic heterocycles. The van der Waals surface area contributed by atoms with Gasteiger partial charge >= 0.3 is 0 Å². The van der Waals surface area contributed by atoms with Crippen molar-refractivity contribution in [3.05, 3.63) is 30.1 Å². The van der Waals surface area contributed by atoms with Gasteiger partial charge in [-0.05, 0) is 25.5 Å². The van der Waals surface area contributed by atoms with E-state index in [-0.39, 0.29) is 6.04 Å². The summed E-state index contributed by atoms with van der Waals surface area (Å²) in [7, 11) is 0. The molecule has 5 heteroatoms. The molecule has 21 heavy (non-hydrogen) atoms. The smallest absolute Gasteiger partial charge is 0.0897 e. The van der Waals surface area contributed by atoms with E-state index in [0.717, 1.165) is 25.1 Å². The summed E-state index contributed by atoms with van der Waals surface area (Å²) in [6.45, 7) is 6.85. The van der Waals surface area contributed by atoms with Crippen molar-refractivity contribution in [3.8, 4) is 0 Å². The van der Waals surface area contributed by atoms with Gasteiger partial charge in [-0.15, -0.1) is 0 Å². The fourth-order valence-corrected chi connectivity index (χ4v) is 1.79. The third-order valence-corrected chi connectivity index (χ3v) is 3.12. The van der Waals surface area contributed by atoms with Gasteiger partial charge in [0.25, 0.3) is 0 Å². The number of nitrogens with one attached hydrogen (secondary N) is 1. The first-order valence-corrected chi connectivity index (χ1v) is 7.72. The van der Waals surface area contributed by atoms with Gasteiger partial charge in [0.1, 0.15) is 0 Å². The van der Waals surface area contributed by atoms with Crippen LogP contribution in [0.5, 0.6) is 0 Å². The van der Waals surface area contributed by atoms with Crippen LogP contribution in [0.15, 0.2) is 24.4 Å². The molecule has 0 spiro atoms. The number of unbranched alkanes of at least 4 members (excludes halogenated alkanes) is 1. The molecule has 0 radical (unpaired) electrons. The van der Waals surface area contributed by atoms with Crippen molar-refractivity contribution in [1.82, 2.24) is 10.3 Å². The van der Waals surface area contributed by atoms with Crippen LogP contribution in [0.4, 0.5) is 0 Å².